The largest absolute Gasteiger partial charge is 0.325 e. The molecule has 3 amide bonds. The van der Waals surface area contributed by atoms with Crippen LogP contribution in [0.5, 0.6) is 0 Å². The molecule has 0 atom stereocenters. The van der Waals surface area contributed by atoms with E-state index < -0.39 is 6.03 Å². The fourth-order valence-corrected chi connectivity index (χ4v) is 3.47. The quantitative estimate of drug-likeness (QED) is 0.847. The molecule has 0 aromatic heterocycles. The third-order valence-electron chi connectivity index (χ3n) is 5.13. The number of nitrogens with zero attached hydrogens (tertiary/aromatic N) is 2. The lowest BCUT2D eigenvalue weighted by Crippen LogP contribution is -2.49. The second kappa shape index (κ2) is 9.14. The molecule has 1 aromatic carbocycles. The van der Waals surface area contributed by atoms with Crippen LogP contribution in [0.25, 0.3) is 0 Å². The maximum absolute atomic E-state index is 12.2. The topological polar surface area (TPSA) is 64.7 Å². The first kappa shape index (κ1) is 20.4. The van der Waals surface area contributed by atoms with Crippen molar-refractivity contribution in [1.82, 2.24) is 15.1 Å². The van der Waals surface area contributed by atoms with Gasteiger partial charge in [0.05, 0.1) is 6.54 Å². The average molecular weight is 361 g/mol. The molecule has 144 valence electrons. The highest BCUT2D eigenvalue weighted by Crippen LogP contribution is 2.17. The Hall–Kier alpha value is -1.92. The van der Waals surface area contributed by atoms with Gasteiger partial charge >= 0.3 is 6.03 Å². The van der Waals surface area contributed by atoms with E-state index in [9.17, 15) is 9.59 Å². The number of aryl methyl sites for hydroxylation is 2. The van der Waals surface area contributed by atoms with Crippen LogP contribution in [-0.4, -0.2) is 60.5 Å². The van der Waals surface area contributed by atoms with Gasteiger partial charge in [-0.1, -0.05) is 17.7 Å². The minimum atomic E-state index is -0.481. The van der Waals surface area contributed by atoms with Gasteiger partial charge in [-0.3, -0.25) is 15.0 Å². The lowest BCUT2D eigenvalue weighted by Gasteiger charge is -2.38. The number of nitrogens with one attached hydrogen (secondary N) is 2. The van der Waals surface area contributed by atoms with E-state index in [0.29, 0.717) is 12.1 Å². The molecular weight excluding hydrogens is 328 g/mol. The molecule has 1 aliphatic heterocycles. The number of likely N-dealkylation sites (tertiary alicyclic amines) is 1. The van der Waals surface area contributed by atoms with E-state index in [-0.39, 0.29) is 12.5 Å². The molecule has 1 saturated heterocycles. The fraction of sp³-hybridized carbons (Fsp3) is 0.600. The molecule has 0 unspecified atom stereocenters. The number of rotatable bonds is 5. The highest BCUT2D eigenvalue weighted by atomic mass is 16.2. The summed E-state index contributed by atoms with van der Waals surface area (Å²) >= 11 is 0. The van der Waals surface area contributed by atoms with E-state index >= 15 is 0 Å². The Morgan fingerprint density at radius 1 is 1.23 bits per heavy atom. The smallest absolute Gasteiger partial charge is 0.307 e. The summed E-state index contributed by atoms with van der Waals surface area (Å²) in [7, 11) is 1.96. The summed E-state index contributed by atoms with van der Waals surface area (Å²) in [5.74, 6) is -0.277. The van der Waals surface area contributed by atoms with Crippen LogP contribution >= 0.6 is 0 Å². The number of imide groups is 1. The molecule has 1 aliphatic rings. The minimum absolute atomic E-state index is 0.229. The van der Waals surface area contributed by atoms with Crippen molar-refractivity contribution in [2.45, 2.75) is 52.6 Å². The molecule has 1 aromatic rings. The molecule has 6 nitrogen and oxygen atoms in total. The van der Waals surface area contributed by atoms with Crippen LogP contribution in [0.1, 0.15) is 37.8 Å². The van der Waals surface area contributed by atoms with Gasteiger partial charge in [-0.25, -0.2) is 4.79 Å². The lowest BCUT2D eigenvalue weighted by molar-refractivity contribution is -0.121. The van der Waals surface area contributed by atoms with E-state index in [1.54, 1.807) is 0 Å². The average Bonchev–Trinajstić information content (AvgIpc) is 2.57. The minimum Gasteiger partial charge on any atom is -0.307 e. The SMILES string of the molecule is Cc1ccc(NC(=O)NC(=O)CN(C)C2CCN(C(C)C)CC2)c(C)c1. The number of carbonyl (C=O) groups is 2. The maximum atomic E-state index is 12.2. The van der Waals surface area contributed by atoms with Crippen molar-refractivity contribution in [2.75, 3.05) is 32.0 Å². The molecule has 2 rings (SSSR count). The first-order valence-electron chi connectivity index (χ1n) is 9.38. The predicted octanol–water partition coefficient (Wildman–Crippen LogP) is 2.76. The van der Waals surface area contributed by atoms with Gasteiger partial charge in [-0.05, 0) is 72.3 Å². The van der Waals surface area contributed by atoms with Gasteiger partial charge in [-0.15, -0.1) is 0 Å². The molecular formula is C20H32N4O2. The standard InChI is InChI=1S/C20H32N4O2/c1-14(2)24-10-8-17(9-11-24)23(5)13-19(25)22-20(26)21-18-7-6-15(3)12-16(18)4/h6-7,12,14,17H,8-11,13H2,1-5H3,(H2,21,22,25,26). The second-order valence-electron chi connectivity index (χ2n) is 7.60. The summed E-state index contributed by atoms with van der Waals surface area (Å²) < 4.78 is 0. The molecule has 1 fully saturated rings. The fourth-order valence-electron chi connectivity index (χ4n) is 3.47. The number of urea groups is 1. The summed E-state index contributed by atoms with van der Waals surface area (Å²) in [5, 5.41) is 5.17. The summed E-state index contributed by atoms with van der Waals surface area (Å²) in [5.41, 5.74) is 2.83. The van der Waals surface area contributed by atoms with Crippen LogP contribution < -0.4 is 10.6 Å². The predicted molar refractivity (Wildman–Crippen MR) is 105 cm³/mol. The zero-order chi connectivity index (χ0) is 19.3. The van der Waals surface area contributed by atoms with Crippen molar-refractivity contribution in [2.24, 2.45) is 0 Å². The van der Waals surface area contributed by atoms with Gasteiger partial charge in [0.15, 0.2) is 0 Å². The van der Waals surface area contributed by atoms with Crippen molar-refractivity contribution in [3.8, 4) is 0 Å². The van der Waals surface area contributed by atoms with Crippen molar-refractivity contribution in [1.29, 1.82) is 0 Å². The molecule has 0 aliphatic carbocycles. The third kappa shape index (κ3) is 5.81. The number of piperidine rings is 1. The number of carbonyl (C=O) groups excluding carboxylic acids is 2. The first-order valence-corrected chi connectivity index (χ1v) is 9.38. The van der Waals surface area contributed by atoms with Crippen molar-refractivity contribution >= 4 is 17.6 Å². The maximum Gasteiger partial charge on any atom is 0.325 e. The Balaban J connectivity index is 1.78. The molecule has 1 heterocycles. The molecule has 0 bridgehead atoms. The van der Waals surface area contributed by atoms with Gasteiger partial charge in [0, 0.05) is 17.8 Å². The highest BCUT2D eigenvalue weighted by molar-refractivity contribution is 6.02. The Kier molecular flexibility index (Phi) is 7.17. The van der Waals surface area contributed by atoms with Gasteiger partial charge in [0.1, 0.15) is 0 Å². The van der Waals surface area contributed by atoms with Crippen molar-refractivity contribution in [3.63, 3.8) is 0 Å². The van der Waals surface area contributed by atoms with E-state index in [2.05, 4.69) is 34.3 Å². The Morgan fingerprint density at radius 3 is 2.46 bits per heavy atom. The summed E-state index contributed by atoms with van der Waals surface area (Å²) in [6, 6.07) is 6.25. The molecule has 0 spiro atoms. The zero-order valence-electron chi connectivity index (χ0n) is 16.6. The van der Waals surface area contributed by atoms with Gasteiger partial charge < -0.3 is 10.2 Å². The lowest BCUT2D eigenvalue weighted by atomic mass is 10.0. The normalized spacial score (nSPS) is 16.1. The summed E-state index contributed by atoms with van der Waals surface area (Å²) in [6.45, 7) is 10.7. The van der Waals surface area contributed by atoms with E-state index in [4.69, 9.17) is 0 Å². The van der Waals surface area contributed by atoms with E-state index in [1.807, 2.05) is 39.1 Å². The molecule has 26 heavy (non-hydrogen) atoms. The zero-order valence-corrected chi connectivity index (χ0v) is 16.6. The van der Waals surface area contributed by atoms with E-state index in [0.717, 1.165) is 42.7 Å². The van der Waals surface area contributed by atoms with Crippen LogP contribution in [0.2, 0.25) is 0 Å². The van der Waals surface area contributed by atoms with E-state index in [1.165, 1.54) is 0 Å². The number of hydrogen-bond acceptors (Lipinski definition) is 4. The van der Waals surface area contributed by atoms with Gasteiger partial charge in [0.2, 0.25) is 5.91 Å². The molecule has 2 N–H and O–H groups in total. The van der Waals surface area contributed by atoms with Gasteiger partial charge in [-0.2, -0.15) is 0 Å². The highest BCUT2D eigenvalue weighted by Gasteiger charge is 2.25. The number of amides is 3. The number of likely N-dealkylation sites (N-methyl/N-ethyl adjacent to an activating group) is 1. The molecule has 6 heteroatoms. The Morgan fingerprint density at radius 2 is 1.88 bits per heavy atom. The van der Waals surface area contributed by atoms with Crippen LogP contribution in [-0.2, 0) is 4.79 Å². The monoisotopic (exact) mass is 360 g/mol. The number of anilines is 1. The first-order chi connectivity index (χ1) is 12.3. The van der Waals surface area contributed by atoms with Crippen LogP contribution in [0.15, 0.2) is 18.2 Å². The van der Waals surface area contributed by atoms with Crippen LogP contribution in [0, 0.1) is 13.8 Å². The number of benzene rings is 1. The molecule has 0 saturated carbocycles. The number of hydrogen-bond donors (Lipinski definition) is 2. The Bertz CT molecular complexity index is 637. The second-order valence-corrected chi connectivity index (χ2v) is 7.60. The summed E-state index contributed by atoms with van der Waals surface area (Å²) in [4.78, 5) is 28.8. The van der Waals surface area contributed by atoms with Crippen molar-refractivity contribution < 1.29 is 9.59 Å². The van der Waals surface area contributed by atoms with Crippen LogP contribution in [0.4, 0.5) is 10.5 Å². The molecule has 0 radical (unpaired) electrons. The summed E-state index contributed by atoms with van der Waals surface area (Å²) in [6.07, 6.45) is 2.10. The third-order valence-corrected chi connectivity index (χ3v) is 5.13. The van der Waals surface area contributed by atoms with Crippen molar-refractivity contribution in [3.05, 3.63) is 29.3 Å². The van der Waals surface area contributed by atoms with Crippen LogP contribution in [0.3, 0.4) is 0 Å². The van der Waals surface area contributed by atoms with Gasteiger partial charge in [0.25, 0.3) is 0 Å². The Labute approximate surface area is 156 Å².